The van der Waals surface area contributed by atoms with Crippen molar-refractivity contribution in [3.63, 3.8) is 0 Å². The maximum atomic E-state index is 14.0. The summed E-state index contributed by atoms with van der Waals surface area (Å²) in [6.07, 6.45) is 8.35. The molecule has 166 valence electrons. The highest BCUT2D eigenvalue weighted by Crippen LogP contribution is 2.36. The molecule has 0 heterocycles. The van der Waals surface area contributed by atoms with E-state index in [9.17, 15) is 8.42 Å². The van der Waals surface area contributed by atoms with E-state index in [-0.39, 0.29) is 0 Å². The van der Waals surface area contributed by atoms with E-state index >= 15 is 0 Å². The molecule has 0 spiro atoms. The minimum atomic E-state index is -3.76. The highest BCUT2D eigenvalue weighted by Gasteiger charge is 2.28. The maximum absolute atomic E-state index is 14.0. The third-order valence-electron chi connectivity index (χ3n) is 6.13. The quantitative estimate of drug-likeness (QED) is 0.455. The Morgan fingerprint density at radius 3 is 2.28 bits per heavy atom. The zero-order chi connectivity index (χ0) is 22.9. The molecule has 0 fully saturated rings. The normalized spacial score (nSPS) is 13.8. The van der Waals surface area contributed by atoms with Gasteiger partial charge in [-0.15, -0.1) is 0 Å². The largest absolute Gasteiger partial charge is 0.377 e. The van der Waals surface area contributed by atoms with Crippen LogP contribution in [0.5, 0.6) is 0 Å². The van der Waals surface area contributed by atoms with Gasteiger partial charge in [-0.25, -0.2) is 8.42 Å². The van der Waals surface area contributed by atoms with Crippen molar-refractivity contribution in [1.82, 2.24) is 0 Å². The van der Waals surface area contributed by atoms with Crippen LogP contribution in [-0.2, 0) is 10.0 Å². The number of fused-ring (bicyclic) bond motifs is 1. The molecule has 4 rings (SSSR count). The molecule has 0 aromatic heterocycles. The predicted octanol–water partition coefficient (Wildman–Crippen LogP) is 6.16. The van der Waals surface area contributed by atoms with Gasteiger partial charge in [-0.05, 0) is 61.6 Å². The van der Waals surface area contributed by atoms with Crippen molar-refractivity contribution in [3.8, 4) is 0 Å². The van der Waals surface area contributed by atoms with Crippen LogP contribution >= 0.6 is 0 Å². The van der Waals surface area contributed by atoms with Gasteiger partial charge in [-0.2, -0.15) is 0 Å². The van der Waals surface area contributed by atoms with Crippen molar-refractivity contribution in [2.75, 3.05) is 29.8 Å². The molecule has 0 atom stereocenters. The van der Waals surface area contributed by atoms with Crippen LogP contribution in [0.4, 0.5) is 11.4 Å². The first-order valence-corrected chi connectivity index (χ1v) is 12.5. The zero-order valence-electron chi connectivity index (χ0n) is 19.2. The smallest absolute Gasteiger partial charge is 0.264 e. The van der Waals surface area contributed by atoms with Crippen LogP contribution < -0.4 is 9.21 Å². The van der Waals surface area contributed by atoms with Gasteiger partial charge in [0.15, 0.2) is 0 Å². The zero-order valence-corrected chi connectivity index (χ0v) is 20.0. The van der Waals surface area contributed by atoms with Crippen LogP contribution in [-0.4, -0.2) is 29.1 Å². The van der Waals surface area contributed by atoms with Crippen molar-refractivity contribution in [2.45, 2.75) is 31.6 Å². The molecule has 1 aliphatic carbocycles. The second-order valence-corrected chi connectivity index (χ2v) is 10.1. The summed E-state index contributed by atoms with van der Waals surface area (Å²) in [5.41, 5.74) is 5.10. The molecule has 0 amide bonds. The molecule has 5 heteroatoms. The Hall–Kier alpha value is -3.05. The van der Waals surface area contributed by atoms with Gasteiger partial charge in [0.1, 0.15) is 0 Å². The number of hydrogen-bond donors (Lipinski definition) is 0. The SMILES string of the molecule is CCN(c1cccc(C2=CC=CCC2)c1C)S(=O)(=O)c1cccc2c(N(C)C)cccc12. The van der Waals surface area contributed by atoms with Gasteiger partial charge in [0.2, 0.25) is 0 Å². The second kappa shape index (κ2) is 8.83. The lowest BCUT2D eigenvalue weighted by atomic mass is 9.93. The Morgan fingerprint density at radius 1 is 0.906 bits per heavy atom. The van der Waals surface area contributed by atoms with E-state index in [4.69, 9.17) is 0 Å². The average molecular weight is 447 g/mol. The summed E-state index contributed by atoms with van der Waals surface area (Å²) in [6.45, 7) is 4.27. The van der Waals surface area contributed by atoms with Crippen molar-refractivity contribution in [1.29, 1.82) is 0 Å². The lowest BCUT2D eigenvalue weighted by Gasteiger charge is -2.27. The molecular weight excluding hydrogens is 416 g/mol. The van der Waals surface area contributed by atoms with Gasteiger partial charge in [0, 0.05) is 37.1 Å². The van der Waals surface area contributed by atoms with E-state index in [0.29, 0.717) is 11.4 Å². The Kier molecular flexibility index (Phi) is 6.11. The molecule has 0 unspecified atom stereocenters. The summed E-state index contributed by atoms with van der Waals surface area (Å²) in [6, 6.07) is 17.3. The Balaban J connectivity index is 1.87. The number of anilines is 2. The lowest BCUT2D eigenvalue weighted by Crippen LogP contribution is -2.31. The van der Waals surface area contributed by atoms with Gasteiger partial charge < -0.3 is 4.90 Å². The van der Waals surface area contributed by atoms with Crippen molar-refractivity contribution in [2.24, 2.45) is 0 Å². The van der Waals surface area contributed by atoms with Crippen molar-refractivity contribution in [3.05, 3.63) is 84.0 Å². The van der Waals surface area contributed by atoms with E-state index in [2.05, 4.69) is 24.3 Å². The predicted molar refractivity (Wildman–Crippen MR) is 136 cm³/mol. The highest BCUT2D eigenvalue weighted by molar-refractivity contribution is 7.93. The van der Waals surface area contributed by atoms with Gasteiger partial charge in [-0.3, -0.25) is 4.31 Å². The number of hydrogen-bond acceptors (Lipinski definition) is 3. The molecule has 0 aliphatic heterocycles. The number of rotatable bonds is 6. The van der Waals surface area contributed by atoms with E-state index in [0.717, 1.165) is 46.1 Å². The van der Waals surface area contributed by atoms with Crippen LogP contribution in [0.25, 0.3) is 16.3 Å². The first kappa shape index (κ1) is 22.2. The summed E-state index contributed by atoms with van der Waals surface area (Å²) in [7, 11) is 0.179. The highest BCUT2D eigenvalue weighted by atomic mass is 32.2. The first-order valence-electron chi connectivity index (χ1n) is 11.0. The van der Waals surface area contributed by atoms with Gasteiger partial charge in [0.25, 0.3) is 10.0 Å². The van der Waals surface area contributed by atoms with Crippen LogP contribution in [0.1, 0.15) is 30.9 Å². The second-order valence-electron chi connectivity index (χ2n) is 8.30. The molecule has 3 aromatic rings. The van der Waals surface area contributed by atoms with E-state index in [1.807, 2.05) is 75.3 Å². The third kappa shape index (κ3) is 3.82. The van der Waals surface area contributed by atoms with E-state index in [1.165, 1.54) is 5.57 Å². The Morgan fingerprint density at radius 2 is 1.59 bits per heavy atom. The fourth-order valence-electron chi connectivity index (χ4n) is 4.54. The van der Waals surface area contributed by atoms with Gasteiger partial charge in [0.05, 0.1) is 10.6 Å². The molecule has 32 heavy (non-hydrogen) atoms. The summed E-state index contributed by atoms with van der Waals surface area (Å²) in [5.74, 6) is 0. The van der Waals surface area contributed by atoms with Crippen LogP contribution in [0, 0.1) is 6.92 Å². The monoisotopic (exact) mass is 446 g/mol. The van der Waals surface area contributed by atoms with Crippen LogP contribution in [0.3, 0.4) is 0 Å². The molecule has 0 radical (unpaired) electrons. The summed E-state index contributed by atoms with van der Waals surface area (Å²) < 4.78 is 29.5. The molecule has 3 aromatic carbocycles. The van der Waals surface area contributed by atoms with Crippen LogP contribution in [0.2, 0.25) is 0 Å². The number of allylic oxidation sites excluding steroid dienone is 4. The van der Waals surface area contributed by atoms with Crippen LogP contribution in [0.15, 0.2) is 77.7 Å². The van der Waals surface area contributed by atoms with E-state index < -0.39 is 10.0 Å². The number of benzene rings is 3. The van der Waals surface area contributed by atoms with E-state index in [1.54, 1.807) is 10.4 Å². The summed E-state index contributed by atoms with van der Waals surface area (Å²) in [5, 5.41) is 1.67. The van der Waals surface area contributed by atoms with Gasteiger partial charge >= 0.3 is 0 Å². The lowest BCUT2D eigenvalue weighted by molar-refractivity contribution is 0.592. The standard InChI is InChI=1S/C27H30N2O2S/c1-5-29(25-17-9-14-22(20(25)2)21-12-7-6-8-13-21)32(30,31)27-19-11-15-23-24(27)16-10-18-26(23)28(3)4/h6-7,9-12,14-19H,5,8,13H2,1-4H3. The molecule has 1 aliphatic rings. The molecule has 0 saturated carbocycles. The fourth-order valence-corrected chi connectivity index (χ4v) is 6.28. The minimum Gasteiger partial charge on any atom is -0.377 e. The molecular formula is C27H30N2O2S. The number of nitrogens with zero attached hydrogens (tertiary/aromatic N) is 2. The number of sulfonamides is 1. The first-order chi connectivity index (χ1) is 15.4. The molecule has 0 saturated heterocycles. The summed E-state index contributed by atoms with van der Waals surface area (Å²) >= 11 is 0. The molecule has 4 nitrogen and oxygen atoms in total. The Bertz CT molecular complexity index is 1320. The van der Waals surface area contributed by atoms with Gasteiger partial charge in [-0.1, -0.05) is 54.6 Å². The average Bonchev–Trinajstić information content (AvgIpc) is 2.80. The Labute approximate surface area is 191 Å². The minimum absolute atomic E-state index is 0.338. The fraction of sp³-hybridized carbons (Fsp3) is 0.259. The van der Waals surface area contributed by atoms with Crippen molar-refractivity contribution >= 4 is 37.7 Å². The topological polar surface area (TPSA) is 40.6 Å². The third-order valence-corrected chi connectivity index (χ3v) is 8.08. The summed E-state index contributed by atoms with van der Waals surface area (Å²) in [4.78, 5) is 2.35. The molecule has 0 bridgehead atoms. The molecule has 0 N–H and O–H groups in total. The van der Waals surface area contributed by atoms with Crippen molar-refractivity contribution < 1.29 is 8.42 Å². The maximum Gasteiger partial charge on any atom is 0.264 e.